The molecule has 5 atom stereocenters. The van der Waals surface area contributed by atoms with Gasteiger partial charge in [-0.05, 0) is 31.1 Å². The van der Waals surface area contributed by atoms with E-state index >= 15 is 0 Å². The summed E-state index contributed by atoms with van der Waals surface area (Å²) in [5.74, 6) is 0. The Morgan fingerprint density at radius 2 is 1.79 bits per heavy atom. The van der Waals surface area contributed by atoms with Gasteiger partial charge in [0.2, 0.25) is 0 Å². The van der Waals surface area contributed by atoms with Crippen LogP contribution in [0.1, 0.15) is 58.8 Å². The maximum Gasteiger partial charge on any atom is 0.0721 e. The zero-order valence-electron chi connectivity index (χ0n) is 12.3. The topological polar surface area (TPSA) is 64.1 Å². The van der Waals surface area contributed by atoms with Crippen molar-refractivity contribution in [3.8, 4) is 0 Å². The third-order valence-corrected chi connectivity index (χ3v) is 5.21. The molecule has 1 aliphatic rings. The monoisotopic (exact) mass is 305 g/mol. The van der Waals surface area contributed by atoms with Crippen LogP contribution in [-0.4, -0.2) is 22.8 Å². The van der Waals surface area contributed by atoms with E-state index in [0.29, 0.717) is 5.41 Å². The molecule has 0 aliphatic carbocycles. The standard InChI is InChI=1S/C14H31N3S2/c1-3-5-7-14(6-4-2)8-10(18)12(15)13(16)17-11(19)9-14/h10-13,17-19H,3-9,15-16H2,1-2H3. The lowest BCUT2D eigenvalue weighted by molar-refractivity contribution is 0.156. The van der Waals surface area contributed by atoms with Gasteiger partial charge in [0.05, 0.1) is 11.5 Å². The average molecular weight is 306 g/mol. The maximum absolute atomic E-state index is 6.20. The molecule has 0 spiro atoms. The predicted molar refractivity (Wildman–Crippen MR) is 90.7 cm³/mol. The zero-order valence-corrected chi connectivity index (χ0v) is 14.1. The minimum atomic E-state index is -0.212. The second-order valence-corrected chi connectivity index (χ2v) is 7.40. The first-order valence-corrected chi connectivity index (χ1v) is 8.60. The summed E-state index contributed by atoms with van der Waals surface area (Å²) in [4.78, 5) is 0. The van der Waals surface area contributed by atoms with Gasteiger partial charge in [0, 0.05) is 11.3 Å². The van der Waals surface area contributed by atoms with Gasteiger partial charge in [0.25, 0.3) is 0 Å². The molecule has 0 amide bonds. The summed E-state index contributed by atoms with van der Waals surface area (Å²) < 4.78 is 0. The van der Waals surface area contributed by atoms with E-state index in [1.54, 1.807) is 0 Å². The van der Waals surface area contributed by atoms with E-state index in [0.717, 1.165) is 12.8 Å². The van der Waals surface area contributed by atoms with Crippen LogP contribution in [0, 0.1) is 5.41 Å². The normalized spacial score (nSPS) is 40.7. The van der Waals surface area contributed by atoms with Gasteiger partial charge in [0.1, 0.15) is 0 Å². The van der Waals surface area contributed by atoms with E-state index in [9.17, 15) is 0 Å². The average Bonchev–Trinajstić information content (AvgIpc) is 2.34. The number of thiol groups is 2. The zero-order chi connectivity index (χ0) is 14.5. The SMILES string of the molecule is CCCCC1(CCC)CC(S)NC(N)C(N)C(S)C1. The molecular formula is C14H31N3S2. The van der Waals surface area contributed by atoms with Crippen LogP contribution < -0.4 is 16.8 Å². The van der Waals surface area contributed by atoms with E-state index in [2.05, 4.69) is 31.8 Å². The largest absolute Gasteiger partial charge is 0.324 e. The molecule has 5 unspecified atom stereocenters. The maximum atomic E-state index is 6.20. The molecule has 114 valence electrons. The molecule has 1 aliphatic heterocycles. The Morgan fingerprint density at radius 3 is 2.37 bits per heavy atom. The number of rotatable bonds is 5. The first kappa shape index (κ1) is 17.6. The van der Waals surface area contributed by atoms with Crippen LogP contribution in [0.2, 0.25) is 0 Å². The van der Waals surface area contributed by atoms with Crippen molar-refractivity contribution >= 4 is 25.3 Å². The van der Waals surface area contributed by atoms with E-state index in [4.69, 9.17) is 24.1 Å². The van der Waals surface area contributed by atoms with Gasteiger partial charge in [-0.15, -0.1) is 0 Å². The third kappa shape index (κ3) is 5.12. The first-order chi connectivity index (χ1) is 8.94. The fourth-order valence-electron chi connectivity index (χ4n) is 3.32. The number of unbranched alkanes of at least 4 members (excludes halogenated alkanes) is 1. The molecule has 5 heteroatoms. The highest BCUT2D eigenvalue weighted by molar-refractivity contribution is 7.81. The number of nitrogens with one attached hydrogen (secondary N) is 1. The summed E-state index contributed by atoms with van der Waals surface area (Å²) in [6.07, 6.45) is 8.07. The van der Waals surface area contributed by atoms with Gasteiger partial charge < -0.3 is 11.5 Å². The lowest BCUT2D eigenvalue weighted by Gasteiger charge is -2.43. The Bertz CT molecular complexity index is 265. The molecule has 0 radical (unpaired) electrons. The van der Waals surface area contributed by atoms with Crippen molar-refractivity contribution in [3.05, 3.63) is 0 Å². The second kappa shape index (κ2) is 8.13. The lowest BCUT2D eigenvalue weighted by atomic mass is 9.71. The summed E-state index contributed by atoms with van der Waals surface area (Å²) in [7, 11) is 0. The van der Waals surface area contributed by atoms with Gasteiger partial charge in [0.15, 0.2) is 0 Å². The molecule has 1 rings (SSSR count). The van der Waals surface area contributed by atoms with Crippen molar-refractivity contribution in [1.82, 2.24) is 5.32 Å². The van der Waals surface area contributed by atoms with Gasteiger partial charge in [-0.1, -0.05) is 33.1 Å². The Morgan fingerprint density at radius 1 is 1.11 bits per heavy atom. The molecule has 0 bridgehead atoms. The van der Waals surface area contributed by atoms with Crippen molar-refractivity contribution in [2.75, 3.05) is 0 Å². The predicted octanol–water partition coefficient (Wildman–Crippen LogP) is 2.51. The van der Waals surface area contributed by atoms with Gasteiger partial charge in [-0.3, -0.25) is 5.32 Å². The Kier molecular flexibility index (Phi) is 7.54. The Labute approximate surface area is 129 Å². The third-order valence-electron chi connectivity index (χ3n) is 4.35. The van der Waals surface area contributed by atoms with E-state index in [-0.39, 0.29) is 22.8 Å². The molecule has 0 saturated carbocycles. The Hall–Kier alpha value is 0.580. The van der Waals surface area contributed by atoms with Gasteiger partial charge >= 0.3 is 0 Å². The summed E-state index contributed by atoms with van der Waals surface area (Å²) in [6.45, 7) is 4.51. The second-order valence-electron chi connectivity index (χ2n) is 6.11. The van der Waals surface area contributed by atoms with E-state index < -0.39 is 0 Å². The molecule has 0 aromatic heterocycles. The fourth-order valence-corrected chi connectivity index (χ4v) is 4.45. The Balaban J connectivity index is 2.86. The van der Waals surface area contributed by atoms with Crippen molar-refractivity contribution in [2.45, 2.75) is 81.6 Å². The summed E-state index contributed by atoms with van der Waals surface area (Å²) in [5.41, 5.74) is 12.6. The fraction of sp³-hybridized carbons (Fsp3) is 1.00. The summed E-state index contributed by atoms with van der Waals surface area (Å²) in [6, 6.07) is -0.115. The van der Waals surface area contributed by atoms with Crippen LogP contribution in [0.4, 0.5) is 0 Å². The van der Waals surface area contributed by atoms with Crippen LogP contribution >= 0.6 is 25.3 Å². The number of hydrogen-bond donors (Lipinski definition) is 5. The van der Waals surface area contributed by atoms with Gasteiger partial charge in [-0.2, -0.15) is 25.3 Å². The van der Waals surface area contributed by atoms with Crippen molar-refractivity contribution in [3.63, 3.8) is 0 Å². The van der Waals surface area contributed by atoms with Crippen LogP contribution in [0.3, 0.4) is 0 Å². The van der Waals surface area contributed by atoms with Crippen LogP contribution in [0.15, 0.2) is 0 Å². The minimum absolute atomic E-state index is 0.115. The van der Waals surface area contributed by atoms with Crippen LogP contribution in [0.5, 0.6) is 0 Å². The minimum Gasteiger partial charge on any atom is -0.324 e. The van der Waals surface area contributed by atoms with E-state index in [1.807, 2.05) is 0 Å². The lowest BCUT2D eigenvalue weighted by Crippen LogP contribution is -2.60. The highest BCUT2D eigenvalue weighted by Crippen LogP contribution is 2.43. The quantitative estimate of drug-likeness (QED) is 0.507. The summed E-state index contributed by atoms with van der Waals surface area (Å²) >= 11 is 9.38. The molecule has 19 heavy (non-hydrogen) atoms. The molecule has 1 saturated heterocycles. The molecule has 5 N–H and O–H groups in total. The smallest absolute Gasteiger partial charge is 0.0721 e. The van der Waals surface area contributed by atoms with Crippen LogP contribution in [0.25, 0.3) is 0 Å². The first-order valence-electron chi connectivity index (χ1n) is 7.57. The molecule has 1 heterocycles. The molecular weight excluding hydrogens is 274 g/mol. The molecule has 0 aromatic carbocycles. The van der Waals surface area contributed by atoms with Crippen molar-refractivity contribution in [2.24, 2.45) is 16.9 Å². The van der Waals surface area contributed by atoms with Gasteiger partial charge in [-0.25, -0.2) is 0 Å². The van der Waals surface area contributed by atoms with Crippen molar-refractivity contribution in [1.29, 1.82) is 0 Å². The summed E-state index contributed by atoms with van der Waals surface area (Å²) in [5, 5.41) is 3.61. The number of hydrogen-bond acceptors (Lipinski definition) is 5. The highest BCUT2D eigenvalue weighted by Gasteiger charge is 2.38. The van der Waals surface area contributed by atoms with E-state index in [1.165, 1.54) is 32.1 Å². The molecule has 0 aromatic rings. The molecule has 3 nitrogen and oxygen atoms in total. The highest BCUT2D eigenvalue weighted by atomic mass is 32.1. The number of nitrogens with two attached hydrogens (primary N) is 2. The van der Waals surface area contributed by atoms with Crippen LogP contribution in [-0.2, 0) is 0 Å². The molecule has 1 fully saturated rings. The van der Waals surface area contributed by atoms with Crippen molar-refractivity contribution < 1.29 is 0 Å².